The Labute approximate surface area is 121 Å². The molecule has 110 valence electrons. The smallest absolute Gasteiger partial charge is 0.338 e. The molecule has 1 aromatic carbocycles. The lowest BCUT2D eigenvalue weighted by Gasteiger charge is -2.09. The summed E-state index contributed by atoms with van der Waals surface area (Å²) < 4.78 is 1.38. The van der Waals surface area contributed by atoms with Gasteiger partial charge in [-0.15, -0.1) is 0 Å². The number of para-hydroxylation sites is 1. The van der Waals surface area contributed by atoms with E-state index in [1.54, 1.807) is 0 Å². The average molecular weight is 289 g/mol. The summed E-state index contributed by atoms with van der Waals surface area (Å²) in [6.45, 7) is 3.81. The molecule has 2 rings (SSSR count). The predicted molar refractivity (Wildman–Crippen MR) is 75.9 cm³/mol. The van der Waals surface area contributed by atoms with Crippen LogP contribution >= 0.6 is 0 Å². The summed E-state index contributed by atoms with van der Waals surface area (Å²) in [5, 5.41) is 24.8. The van der Waals surface area contributed by atoms with Crippen LogP contribution in [0.1, 0.15) is 35.6 Å². The van der Waals surface area contributed by atoms with E-state index in [9.17, 15) is 20.0 Å². The maximum absolute atomic E-state index is 11.4. The molecule has 0 amide bonds. The summed E-state index contributed by atoms with van der Waals surface area (Å²) in [6, 6.07) is 5.83. The highest BCUT2D eigenvalue weighted by Crippen LogP contribution is 2.28. The molecule has 0 aliphatic heterocycles. The Morgan fingerprint density at radius 1 is 1.38 bits per heavy atom. The van der Waals surface area contributed by atoms with Crippen LogP contribution in [0.15, 0.2) is 24.3 Å². The standard InChI is InChI=1S/C14H15N3O4/c1-3-9-8-10(4-2)16(15-9)13-11(14(18)19)6-5-7-12(13)17(20)21/h5-8H,3-4H2,1-2H3,(H,18,19). The zero-order valence-corrected chi connectivity index (χ0v) is 11.7. The molecule has 1 aromatic heterocycles. The number of hydrogen-bond acceptors (Lipinski definition) is 4. The van der Waals surface area contributed by atoms with Crippen LogP contribution in [0.4, 0.5) is 5.69 Å². The number of carboxylic acids is 1. The van der Waals surface area contributed by atoms with Gasteiger partial charge < -0.3 is 5.11 Å². The number of aromatic carboxylic acids is 1. The average Bonchev–Trinajstić information content (AvgIpc) is 2.89. The Morgan fingerprint density at radius 2 is 2.10 bits per heavy atom. The molecule has 0 aliphatic carbocycles. The van der Waals surface area contributed by atoms with Crippen LogP contribution in [0.3, 0.4) is 0 Å². The fourth-order valence-electron chi connectivity index (χ4n) is 2.17. The van der Waals surface area contributed by atoms with Gasteiger partial charge in [0.1, 0.15) is 0 Å². The SMILES string of the molecule is CCc1cc(CC)n(-c2c(C(=O)O)cccc2[N+](=O)[O-])n1. The molecule has 0 radical (unpaired) electrons. The Hall–Kier alpha value is -2.70. The number of benzene rings is 1. The summed E-state index contributed by atoms with van der Waals surface area (Å²) in [6.07, 6.45) is 1.27. The molecule has 0 fully saturated rings. The first-order valence-corrected chi connectivity index (χ1v) is 6.58. The summed E-state index contributed by atoms with van der Waals surface area (Å²) in [7, 11) is 0. The van der Waals surface area contributed by atoms with Crippen molar-refractivity contribution in [3.63, 3.8) is 0 Å². The van der Waals surface area contributed by atoms with E-state index in [1.165, 1.54) is 22.9 Å². The lowest BCUT2D eigenvalue weighted by atomic mass is 10.1. The molecule has 0 atom stereocenters. The first kappa shape index (κ1) is 14.7. The first-order chi connectivity index (χ1) is 9.99. The van der Waals surface area contributed by atoms with Gasteiger partial charge in [-0.1, -0.05) is 19.9 Å². The number of nitro benzene ring substituents is 1. The topological polar surface area (TPSA) is 98.3 Å². The van der Waals surface area contributed by atoms with Gasteiger partial charge >= 0.3 is 5.97 Å². The van der Waals surface area contributed by atoms with Gasteiger partial charge in [0.15, 0.2) is 5.69 Å². The van der Waals surface area contributed by atoms with Gasteiger partial charge in [-0.05, 0) is 25.0 Å². The van der Waals surface area contributed by atoms with Gasteiger partial charge in [-0.2, -0.15) is 5.10 Å². The monoisotopic (exact) mass is 289 g/mol. The second-order valence-corrected chi connectivity index (χ2v) is 4.48. The van der Waals surface area contributed by atoms with Crippen LogP contribution in [0.25, 0.3) is 5.69 Å². The fraction of sp³-hybridized carbons (Fsp3) is 0.286. The third-order valence-corrected chi connectivity index (χ3v) is 3.21. The van der Waals surface area contributed by atoms with E-state index in [2.05, 4.69) is 5.10 Å². The maximum atomic E-state index is 11.4. The minimum absolute atomic E-state index is 0.00606. The van der Waals surface area contributed by atoms with Crippen molar-refractivity contribution in [2.24, 2.45) is 0 Å². The van der Waals surface area contributed by atoms with Crippen molar-refractivity contribution in [2.45, 2.75) is 26.7 Å². The molecule has 21 heavy (non-hydrogen) atoms. The fourth-order valence-corrected chi connectivity index (χ4v) is 2.17. The number of carboxylic acid groups (broad SMARTS) is 1. The predicted octanol–water partition coefficient (Wildman–Crippen LogP) is 2.60. The Kier molecular flexibility index (Phi) is 4.02. The number of hydrogen-bond donors (Lipinski definition) is 1. The first-order valence-electron chi connectivity index (χ1n) is 6.58. The molecule has 0 saturated carbocycles. The molecule has 0 saturated heterocycles. The molecule has 1 N–H and O–H groups in total. The molecule has 2 aromatic rings. The third kappa shape index (κ3) is 2.62. The van der Waals surface area contributed by atoms with Gasteiger partial charge in [0.25, 0.3) is 5.69 Å². The van der Waals surface area contributed by atoms with Crippen molar-refractivity contribution in [1.29, 1.82) is 0 Å². The Bertz CT molecular complexity index is 674. The lowest BCUT2D eigenvalue weighted by molar-refractivity contribution is -0.384. The third-order valence-electron chi connectivity index (χ3n) is 3.21. The lowest BCUT2D eigenvalue weighted by Crippen LogP contribution is -2.11. The largest absolute Gasteiger partial charge is 0.478 e. The summed E-state index contributed by atoms with van der Waals surface area (Å²) >= 11 is 0. The number of aromatic nitrogens is 2. The van der Waals surface area contributed by atoms with Crippen LogP contribution in [-0.4, -0.2) is 25.8 Å². The molecule has 0 aliphatic rings. The van der Waals surface area contributed by atoms with Crippen molar-refractivity contribution in [2.75, 3.05) is 0 Å². The van der Waals surface area contributed by atoms with Crippen LogP contribution in [-0.2, 0) is 12.8 Å². The van der Waals surface area contributed by atoms with E-state index in [0.29, 0.717) is 12.8 Å². The molecule has 7 nitrogen and oxygen atoms in total. The Morgan fingerprint density at radius 3 is 2.62 bits per heavy atom. The highest BCUT2D eigenvalue weighted by Gasteiger charge is 2.25. The van der Waals surface area contributed by atoms with Crippen molar-refractivity contribution in [1.82, 2.24) is 9.78 Å². The number of nitrogens with zero attached hydrogens (tertiary/aromatic N) is 3. The number of nitro groups is 1. The quantitative estimate of drug-likeness (QED) is 0.673. The molecular formula is C14H15N3O4. The van der Waals surface area contributed by atoms with E-state index < -0.39 is 10.9 Å². The zero-order chi connectivity index (χ0) is 15.6. The molecule has 0 spiro atoms. The second kappa shape index (κ2) is 5.74. The number of aryl methyl sites for hydroxylation is 2. The van der Waals surface area contributed by atoms with Crippen molar-refractivity contribution >= 4 is 11.7 Å². The van der Waals surface area contributed by atoms with Crippen LogP contribution < -0.4 is 0 Å². The van der Waals surface area contributed by atoms with Gasteiger partial charge in [-0.3, -0.25) is 10.1 Å². The second-order valence-electron chi connectivity index (χ2n) is 4.48. The van der Waals surface area contributed by atoms with Crippen LogP contribution in [0.5, 0.6) is 0 Å². The summed E-state index contributed by atoms with van der Waals surface area (Å²) in [5.41, 5.74) is 1.11. The molecule has 0 bridgehead atoms. The minimum Gasteiger partial charge on any atom is -0.478 e. The number of carbonyl (C=O) groups is 1. The van der Waals surface area contributed by atoms with E-state index >= 15 is 0 Å². The molecular weight excluding hydrogens is 274 g/mol. The number of rotatable bonds is 5. The highest BCUT2D eigenvalue weighted by atomic mass is 16.6. The van der Waals surface area contributed by atoms with Gasteiger partial charge in [0, 0.05) is 11.8 Å². The van der Waals surface area contributed by atoms with Crippen molar-refractivity contribution in [3.05, 3.63) is 51.3 Å². The van der Waals surface area contributed by atoms with Gasteiger partial charge in [-0.25, -0.2) is 9.48 Å². The van der Waals surface area contributed by atoms with Gasteiger partial charge in [0.05, 0.1) is 16.2 Å². The van der Waals surface area contributed by atoms with E-state index in [1.807, 2.05) is 19.9 Å². The van der Waals surface area contributed by atoms with Crippen molar-refractivity contribution in [3.8, 4) is 5.69 Å². The maximum Gasteiger partial charge on any atom is 0.338 e. The Balaban J connectivity index is 2.80. The summed E-state index contributed by atoms with van der Waals surface area (Å²) in [5.74, 6) is -1.22. The zero-order valence-electron chi connectivity index (χ0n) is 11.7. The molecule has 0 unspecified atom stereocenters. The van der Waals surface area contributed by atoms with E-state index in [-0.39, 0.29) is 16.9 Å². The highest BCUT2D eigenvalue weighted by molar-refractivity contribution is 5.94. The van der Waals surface area contributed by atoms with Crippen LogP contribution in [0, 0.1) is 10.1 Å². The molecule has 1 heterocycles. The van der Waals surface area contributed by atoms with Gasteiger partial charge in [0.2, 0.25) is 0 Å². The summed E-state index contributed by atoms with van der Waals surface area (Å²) in [4.78, 5) is 22.0. The van der Waals surface area contributed by atoms with Crippen LogP contribution in [0.2, 0.25) is 0 Å². The van der Waals surface area contributed by atoms with Crippen molar-refractivity contribution < 1.29 is 14.8 Å². The van der Waals surface area contributed by atoms with E-state index in [0.717, 1.165) is 11.4 Å². The minimum atomic E-state index is -1.22. The normalized spacial score (nSPS) is 10.6. The molecule has 7 heteroatoms. The van der Waals surface area contributed by atoms with E-state index in [4.69, 9.17) is 0 Å².